The highest BCUT2D eigenvalue weighted by atomic mass is 16.5. The number of amides is 1. The van der Waals surface area contributed by atoms with Crippen molar-refractivity contribution in [2.45, 2.75) is 51.0 Å². The van der Waals surface area contributed by atoms with Gasteiger partial charge in [0.15, 0.2) is 17.9 Å². The number of guanidine groups is 1. The highest BCUT2D eigenvalue weighted by molar-refractivity contribution is 6.04. The molecular formula is C25H32N4O2. The zero-order valence-electron chi connectivity index (χ0n) is 18.1. The molecule has 1 aromatic carbocycles. The van der Waals surface area contributed by atoms with E-state index in [2.05, 4.69) is 28.5 Å². The van der Waals surface area contributed by atoms with Crippen molar-refractivity contribution >= 4 is 11.9 Å². The first-order valence-electron chi connectivity index (χ1n) is 11.4. The average molecular weight is 421 g/mol. The summed E-state index contributed by atoms with van der Waals surface area (Å²) < 4.78 is 6.11. The number of ether oxygens (including phenoxy) is 1. The molecule has 1 fully saturated rings. The summed E-state index contributed by atoms with van der Waals surface area (Å²) in [6.07, 6.45) is 14.1. The molecule has 1 aromatic rings. The van der Waals surface area contributed by atoms with E-state index in [1.807, 2.05) is 30.3 Å². The molecule has 0 spiro atoms. The van der Waals surface area contributed by atoms with Gasteiger partial charge in [-0.05, 0) is 61.7 Å². The topological polar surface area (TPSA) is 80.0 Å². The number of benzene rings is 1. The van der Waals surface area contributed by atoms with Gasteiger partial charge in [-0.1, -0.05) is 48.6 Å². The van der Waals surface area contributed by atoms with Crippen LogP contribution < -0.4 is 11.1 Å². The van der Waals surface area contributed by atoms with Crippen molar-refractivity contribution in [2.75, 3.05) is 19.7 Å². The number of aliphatic imine (C=N–C) groups is 1. The summed E-state index contributed by atoms with van der Waals surface area (Å²) in [7, 11) is 0. The fourth-order valence-electron chi connectivity index (χ4n) is 3.98. The van der Waals surface area contributed by atoms with E-state index in [0.29, 0.717) is 19.1 Å². The van der Waals surface area contributed by atoms with Gasteiger partial charge in [0.2, 0.25) is 0 Å². The Hall–Kier alpha value is -3.02. The van der Waals surface area contributed by atoms with Crippen molar-refractivity contribution in [3.8, 4) is 0 Å². The second kappa shape index (κ2) is 10.3. The van der Waals surface area contributed by atoms with Crippen molar-refractivity contribution in [1.82, 2.24) is 10.2 Å². The van der Waals surface area contributed by atoms with E-state index in [1.165, 1.54) is 17.6 Å². The summed E-state index contributed by atoms with van der Waals surface area (Å²) in [5.41, 5.74) is 9.56. The van der Waals surface area contributed by atoms with Crippen molar-refractivity contribution in [3.63, 3.8) is 0 Å². The maximum Gasteiger partial charge on any atom is 0.258 e. The van der Waals surface area contributed by atoms with E-state index in [0.717, 1.165) is 56.5 Å². The van der Waals surface area contributed by atoms with Crippen LogP contribution in [0.5, 0.6) is 0 Å². The van der Waals surface area contributed by atoms with Gasteiger partial charge in [-0.25, -0.2) is 4.99 Å². The monoisotopic (exact) mass is 420 g/mol. The van der Waals surface area contributed by atoms with Crippen LogP contribution >= 0.6 is 0 Å². The van der Waals surface area contributed by atoms with Crippen LogP contribution in [0.4, 0.5) is 0 Å². The van der Waals surface area contributed by atoms with E-state index < -0.39 is 6.04 Å². The SMILES string of the molecule is NC1=NC(c2ccccc2)C(=O)N1CCCCNC(OCC1=CCCC=C1)=C1CCC1. The second-order valence-corrected chi connectivity index (χ2v) is 8.26. The van der Waals surface area contributed by atoms with E-state index in [1.54, 1.807) is 4.90 Å². The van der Waals surface area contributed by atoms with Gasteiger partial charge in [-0.15, -0.1) is 0 Å². The van der Waals surface area contributed by atoms with Gasteiger partial charge in [0.25, 0.3) is 5.91 Å². The predicted octanol–water partition coefficient (Wildman–Crippen LogP) is 3.94. The van der Waals surface area contributed by atoms with Gasteiger partial charge in [0, 0.05) is 13.1 Å². The Morgan fingerprint density at radius 2 is 2.03 bits per heavy atom. The summed E-state index contributed by atoms with van der Waals surface area (Å²) in [6.45, 7) is 2.02. The fourth-order valence-corrected chi connectivity index (χ4v) is 3.98. The Morgan fingerprint density at radius 1 is 1.19 bits per heavy atom. The smallest absolute Gasteiger partial charge is 0.258 e. The molecule has 164 valence electrons. The lowest BCUT2D eigenvalue weighted by atomic mass is 9.93. The Balaban J connectivity index is 1.21. The Kier molecular flexibility index (Phi) is 7.07. The Labute approximate surface area is 184 Å². The van der Waals surface area contributed by atoms with Crippen LogP contribution in [0, 0.1) is 0 Å². The van der Waals surface area contributed by atoms with Gasteiger partial charge < -0.3 is 15.8 Å². The lowest BCUT2D eigenvalue weighted by Gasteiger charge is -2.24. The first kappa shape index (κ1) is 21.2. The molecule has 0 bridgehead atoms. The minimum absolute atomic E-state index is 0.0360. The molecule has 4 rings (SSSR count). The number of carbonyl (C=O) groups excluding carboxylic acids is 1. The van der Waals surface area contributed by atoms with E-state index in [4.69, 9.17) is 10.5 Å². The summed E-state index contributed by atoms with van der Waals surface area (Å²) in [6, 6.07) is 9.09. The Bertz CT molecular complexity index is 895. The van der Waals surface area contributed by atoms with Gasteiger partial charge in [-0.2, -0.15) is 0 Å². The number of hydrogen-bond acceptors (Lipinski definition) is 5. The van der Waals surface area contributed by atoms with Crippen LogP contribution in [0.15, 0.2) is 70.6 Å². The number of carbonyl (C=O) groups is 1. The normalized spacial score (nSPS) is 20.3. The molecule has 1 heterocycles. The number of nitrogens with zero attached hydrogens (tertiary/aromatic N) is 2. The van der Waals surface area contributed by atoms with Crippen molar-refractivity contribution in [1.29, 1.82) is 0 Å². The summed E-state index contributed by atoms with van der Waals surface area (Å²) in [5, 5.41) is 3.48. The molecule has 1 unspecified atom stereocenters. The molecule has 6 nitrogen and oxygen atoms in total. The Morgan fingerprint density at radius 3 is 2.74 bits per heavy atom. The van der Waals surface area contributed by atoms with Crippen LogP contribution in [0.1, 0.15) is 56.6 Å². The maximum atomic E-state index is 12.7. The molecule has 1 atom stereocenters. The highest BCUT2D eigenvalue weighted by Crippen LogP contribution is 2.29. The van der Waals surface area contributed by atoms with E-state index >= 15 is 0 Å². The number of nitrogens with two attached hydrogens (primary N) is 1. The van der Waals surface area contributed by atoms with Crippen LogP contribution in [-0.4, -0.2) is 36.5 Å². The molecule has 3 N–H and O–H groups in total. The van der Waals surface area contributed by atoms with Gasteiger partial charge in [0.1, 0.15) is 6.61 Å². The van der Waals surface area contributed by atoms with Gasteiger partial charge >= 0.3 is 0 Å². The quantitative estimate of drug-likeness (QED) is 0.444. The predicted molar refractivity (Wildman–Crippen MR) is 123 cm³/mol. The number of allylic oxidation sites excluding steroid dienone is 3. The molecule has 3 aliphatic rings. The molecule has 6 heteroatoms. The fraction of sp³-hybridized carbons (Fsp3) is 0.440. The lowest BCUT2D eigenvalue weighted by Crippen LogP contribution is -2.38. The third kappa shape index (κ3) is 5.37. The minimum Gasteiger partial charge on any atom is -0.474 e. The molecule has 31 heavy (non-hydrogen) atoms. The minimum atomic E-state index is -0.509. The van der Waals surface area contributed by atoms with Crippen molar-refractivity contribution in [2.24, 2.45) is 10.7 Å². The molecule has 2 aliphatic carbocycles. The third-order valence-electron chi connectivity index (χ3n) is 5.98. The van der Waals surface area contributed by atoms with Crippen LogP contribution in [-0.2, 0) is 9.53 Å². The number of hydrogen-bond donors (Lipinski definition) is 2. The van der Waals surface area contributed by atoms with Crippen LogP contribution in [0.2, 0.25) is 0 Å². The molecule has 0 aromatic heterocycles. The first-order chi connectivity index (χ1) is 15.2. The first-order valence-corrected chi connectivity index (χ1v) is 11.4. The zero-order chi connectivity index (χ0) is 21.5. The van der Waals surface area contributed by atoms with Gasteiger partial charge in [0.05, 0.1) is 0 Å². The summed E-state index contributed by atoms with van der Waals surface area (Å²) >= 11 is 0. The van der Waals surface area contributed by atoms with Crippen molar-refractivity contribution < 1.29 is 9.53 Å². The van der Waals surface area contributed by atoms with Crippen molar-refractivity contribution in [3.05, 3.63) is 71.2 Å². The second-order valence-electron chi connectivity index (χ2n) is 8.26. The largest absolute Gasteiger partial charge is 0.474 e. The molecular weight excluding hydrogens is 388 g/mol. The standard InChI is InChI=1S/C25H32N4O2/c26-25-28-22(20-12-5-2-6-13-20)24(30)29(25)17-8-7-16-27-23(21-14-9-15-21)31-18-19-10-3-1-4-11-19/h2-3,5-6,10-13,22,27H,1,4,7-9,14-18H2,(H2,26,28). The highest BCUT2D eigenvalue weighted by Gasteiger charge is 2.33. The number of rotatable bonds is 10. The van der Waals surface area contributed by atoms with Crippen LogP contribution in [0.25, 0.3) is 0 Å². The number of unbranched alkanes of at least 4 members (excludes halogenated alkanes) is 1. The number of nitrogens with one attached hydrogen (secondary N) is 1. The lowest BCUT2D eigenvalue weighted by molar-refractivity contribution is -0.127. The zero-order valence-corrected chi connectivity index (χ0v) is 18.1. The van der Waals surface area contributed by atoms with Gasteiger partial charge in [-0.3, -0.25) is 9.69 Å². The molecule has 1 amide bonds. The summed E-state index contributed by atoms with van der Waals surface area (Å²) in [5.74, 6) is 1.24. The molecule has 1 saturated carbocycles. The van der Waals surface area contributed by atoms with E-state index in [-0.39, 0.29) is 5.91 Å². The third-order valence-corrected chi connectivity index (χ3v) is 5.98. The summed E-state index contributed by atoms with van der Waals surface area (Å²) in [4.78, 5) is 18.7. The molecule has 0 saturated heterocycles. The van der Waals surface area contributed by atoms with E-state index in [9.17, 15) is 4.79 Å². The molecule has 0 radical (unpaired) electrons. The average Bonchev–Trinajstić information content (AvgIpc) is 3.05. The van der Waals surface area contributed by atoms with Crippen LogP contribution in [0.3, 0.4) is 0 Å². The molecule has 1 aliphatic heterocycles. The maximum absolute atomic E-state index is 12.7.